The number of aromatic nitrogens is 5. The standard InChI is InChI=1S/C38H36N8O2/c1-24-10-13-27(14-11-24)46-34(23-33(44-46)38(2,3)4)42-37(47)41-30-15-17-32(29-9-7-6-8-28(29)30)48-35-18-20-39-36(43-35)40-26-12-16-31-25(22-26)19-21-45(31)5/h6-23H,1-5H3,(H,39,40,43)(H2,41,42,47). The van der Waals surface area contributed by atoms with Crippen LogP contribution in [-0.2, 0) is 12.5 Å². The number of rotatable bonds is 7. The van der Waals surface area contributed by atoms with E-state index in [0.29, 0.717) is 29.1 Å². The smallest absolute Gasteiger partial charge is 0.324 e. The lowest BCUT2D eigenvalue weighted by molar-refractivity contribution is 0.262. The highest BCUT2D eigenvalue weighted by atomic mass is 16.5. The van der Waals surface area contributed by atoms with E-state index in [-0.39, 0.29) is 11.4 Å². The number of aryl methyl sites for hydroxylation is 2. The van der Waals surface area contributed by atoms with Gasteiger partial charge in [0, 0.05) is 64.4 Å². The van der Waals surface area contributed by atoms with Crippen molar-refractivity contribution in [1.82, 2.24) is 24.3 Å². The van der Waals surface area contributed by atoms with Crippen LogP contribution in [0.4, 0.5) is 27.9 Å². The van der Waals surface area contributed by atoms with E-state index in [1.165, 1.54) is 0 Å². The normalized spacial score (nSPS) is 11.5. The Morgan fingerprint density at radius 3 is 2.44 bits per heavy atom. The Balaban J connectivity index is 1.11. The van der Waals surface area contributed by atoms with Gasteiger partial charge in [-0.2, -0.15) is 10.1 Å². The molecule has 10 heteroatoms. The molecule has 0 saturated carbocycles. The summed E-state index contributed by atoms with van der Waals surface area (Å²) in [5.41, 5.74) is 5.32. The van der Waals surface area contributed by atoms with E-state index in [4.69, 9.17) is 9.84 Å². The fourth-order valence-corrected chi connectivity index (χ4v) is 5.52. The van der Waals surface area contributed by atoms with Gasteiger partial charge in [0.25, 0.3) is 0 Å². The summed E-state index contributed by atoms with van der Waals surface area (Å²) in [5.74, 6) is 1.97. The maximum absolute atomic E-state index is 13.4. The third-order valence-electron chi connectivity index (χ3n) is 8.12. The number of carbonyl (C=O) groups excluding carboxylic acids is 1. The van der Waals surface area contributed by atoms with Gasteiger partial charge in [0.05, 0.1) is 17.1 Å². The van der Waals surface area contributed by atoms with Crippen LogP contribution in [0.15, 0.2) is 109 Å². The number of hydrogen-bond acceptors (Lipinski definition) is 6. The second-order valence-corrected chi connectivity index (χ2v) is 12.8. The first kappa shape index (κ1) is 30.5. The van der Waals surface area contributed by atoms with E-state index < -0.39 is 0 Å². The lowest BCUT2D eigenvalue weighted by Crippen LogP contribution is -2.21. The molecule has 2 amide bonds. The third kappa shape index (κ3) is 6.28. The average Bonchev–Trinajstić information content (AvgIpc) is 3.66. The highest BCUT2D eigenvalue weighted by molar-refractivity contribution is 6.07. The lowest BCUT2D eigenvalue weighted by atomic mass is 9.92. The van der Waals surface area contributed by atoms with Crippen molar-refractivity contribution in [2.24, 2.45) is 7.05 Å². The largest absolute Gasteiger partial charge is 0.438 e. The fraction of sp³-hybridized carbons (Fsp3) is 0.158. The van der Waals surface area contributed by atoms with Gasteiger partial charge in [-0.1, -0.05) is 62.7 Å². The van der Waals surface area contributed by atoms with Crippen molar-refractivity contribution < 1.29 is 9.53 Å². The number of fused-ring (bicyclic) bond motifs is 2. The highest BCUT2D eigenvalue weighted by Gasteiger charge is 2.22. The van der Waals surface area contributed by atoms with E-state index in [9.17, 15) is 4.79 Å². The van der Waals surface area contributed by atoms with Crippen LogP contribution in [0.2, 0.25) is 0 Å². The monoisotopic (exact) mass is 636 g/mol. The SMILES string of the molecule is Cc1ccc(-n2nc(C(C)(C)C)cc2NC(=O)Nc2ccc(Oc3ccnc(Nc4ccc5c(ccn5C)c4)n3)c3ccccc23)cc1. The van der Waals surface area contributed by atoms with Gasteiger partial charge in [0.2, 0.25) is 11.8 Å². The molecule has 0 radical (unpaired) electrons. The summed E-state index contributed by atoms with van der Waals surface area (Å²) in [6, 6.07) is 30.8. The molecule has 0 aliphatic rings. The predicted octanol–water partition coefficient (Wildman–Crippen LogP) is 9.09. The second kappa shape index (κ2) is 12.2. The second-order valence-electron chi connectivity index (χ2n) is 12.8. The number of urea groups is 1. The molecule has 0 unspecified atom stereocenters. The van der Waals surface area contributed by atoms with Gasteiger partial charge in [0.1, 0.15) is 11.6 Å². The topological polar surface area (TPSA) is 111 Å². The van der Waals surface area contributed by atoms with Crippen LogP contribution in [0.25, 0.3) is 27.4 Å². The maximum atomic E-state index is 13.4. The number of amides is 2. The predicted molar refractivity (Wildman–Crippen MR) is 192 cm³/mol. The van der Waals surface area contributed by atoms with Crippen LogP contribution in [-0.4, -0.2) is 30.3 Å². The maximum Gasteiger partial charge on any atom is 0.324 e. The number of nitrogens with one attached hydrogen (secondary N) is 3. The first-order chi connectivity index (χ1) is 23.1. The van der Waals surface area contributed by atoms with E-state index >= 15 is 0 Å². The van der Waals surface area contributed by atoms with Gasteiger partial charge in [0.15, 0.2) is 0 Å². The van der Waals surface area contributed by atoms with Crippen molar-refractivity contribution >= 4 is 50.8 Å². The zero-order valence-electron chi connectivity index (χ0n) is 27.4. The van der Waals surface area contributed by atoms with Crippen LogP contribution in [0.5, 0.6) is 11.6 Å². The number of benzene rings is 4. The number of hydrogen-bond donors (Lipinski definition) is 3. The van der Waals surface area contributed by atoms with Crippen LogP contribution in [0, 0.1) is 6.92 Å². The Morgan fingerprint density at radius 2 is 1.65 bits per heavy atom. The van der Waals surface area contributed by atoms with Crippen molar-refractivity contribution in [3.8, 4) is 17.3 Å². The molecule has 4 aromatic carbocycles. The molecule has 0 aliphatic heterocycles. The molecule has 3 aromatic heterocycles. The molecule has 0 bridgehead atoms. The summed E-state index contributed by atoms with van der Waals surface area (Å²) in [5, 5.41) is 16.9. The molecule has 7 aromatic rings. The summed E-state index contributed by atoms with van der Waals surface area (Å²) in [6.45, 7) is 8.32. The van der Waals surface area contributed by atoms with Gasteiger partial charge in [-0.15, -0.1) is 0 Å². The van der Waals surface area contributed by atoms with Crippen LogP contribution < -0.4 is 20.7 Å². The minimum Gasteiger partial charge on any atom is -0.438 e. The molecule has 0 fully saturated rings. The molecule has 10 nitrogen and oxygen atoms in total. The minimum atomic E-state index is -0.386. The van der Waals surface area contributed by atoms with Gasteiger partial charge < -0.3 is 19.9 Å². The lowest BCUT2D eigenvalue weighted by Gasteiger charge is -2.14. The van der Waals surface area contributed by atoms with Gasteiger partial charge in [-0.25, -0.2) is 14.5 Å². The molecule has 0 atom stereocenters. The van der Waals surface area contributed by atoms with Crippen LogP contribution in [0.1, 0.15) is 32.0 Å². The molecular weight excluding hydrogens is 600 g/mol. The first-order valence-electron chi connectivity index (χ1n) is 15.7. The summed E-state index contributed by atoms with van der Waals surface area (Å²) < 4.78 is 10.1. The van der Waals surface area contributed by atoms with Crippen molar-refractivity contribution in [3.05, 3.63) is 121 Å². The average molecular weight is 637 g/mol. The number of carbonyl (C=O) groups is 1. The van der Waals surface area contributed by atoms with Gasteiger partial charge in [-0.05, 0) is 55.5 Å². The quantitative estimate of drug-likeness (QED) is 0.161. The summed E-state index contributed by atoms with van der Waals surface area (Å²) in [4.78, 5) is 22.4. The number of ether oxygens (including phenoxy) is 1. The van der Waals surface area contributed by atoms with Crippen LogP contribution in [0.3, 0.4) is 0 Å². The molecule has 7 rings (SSSR count). The first-order valence-corrected chi connectivity index (χ1v) is 15.7. The van der Waals surface area contributed by atoms with Crippen molar-refractivity contribution in [3.63, 3.8) is 0 Å². The Kier molecular flexibility index (Phi) is 7.76. The molecule has 240 valence electrons. The van der Waals surface area contributed by atoms with E-state index in [1.807, 2.05) is 93.0 Å². The van der Waals surface area contributed by atoms with Gasteiger partial charge in [-0.3, -0.25) is 5.32 Å². The zero-order valence-corrected chi connectivity index (χ0v) is 27.4. The minimum absolute atomic E-state index is 0.203. The summed E-state index contributed by atoms with van der Waals surface area (Å²) >= 11 is 0. The number of anilines is 4. The Morgan fingerprint density at radius 1 is 0.854 bits per heavy atom. The van der Waals surface area contributed by atoms with Crippen LogP contribution >= 0.6 is 0 Å². The third-order valence-corrected chi connectivity index (χ3v) is 8.12. The molecule has 0 saturated heterocycles. The van der Waals surface area contributed by atoms with Crippen molar-refractivity contribution in [2.75, 3.05) is 16.0 Å². The van der Waals surface area contributed by atoms with E-state index in [0.717, 1.165) is 44.3 Å². The van der Waals surface area contributed by atoms with Crippen molar-refractivity contribution in [2.45, 2.75) is 33.1 Å². The molecule has 0 aliphatic carbocycles. The Labute approximate surface area is 278 Å². The molecule has 48 heavy (non-hydrogen) atoms. The van der Waals surface area contributed by atoms with E-state index in [2.05, 4.69) is 69.5 Å². The molecule has 3 heterocycles. The highest BCUT2D eigenvalue weighted by Crippen LogP contribution is 2.35. The van der Waals surface area contributed by atoms with Crippen molar-refractivity contribution in [1.29, 1.82) is 0 Å². The zero-order chi connectivity index (χ0) is 33.4. The van der Waals surface area contributed by atoms with E-state index in [1.54, 1.807) is 16.9 Å². The summed E-state index contributed by atoms with van der Waals surface area (Å²) in [6.07, 6.45) is 3.68. The Hall–Kier alpha value is -6.16. The molecular formula is C38H36N8O2. The fourth-order valence-electron chi connectivity index (χ4n) is 5.52. The Bertz CT molecular complexity index is 2280. The number of nitrogens with zero attached hydrogens (tertiary/aromatic N) is 5. The molecule has 3 N–H and O–H groups in total. The molecule has 0 spiro atoms. The summed E-state index contributed by atoms with van der Waals surface area (Å²) in [7, 11) is 2.02. The van der Waals surface area contributed by atoms with Gasteiger partial charge >= 0.3 is 6.03 Å².